The molecular weight excluding hydrogens is 356 g/mol. The molecule has 4 nitrogen and oxygen atoms in total. The Morgan fingerprint density at radius 3 is 2.46 bits per heavy atom. The maximum Gasteiger partial charge on any atom is 0.328 e. The summed E-state index contributed by atoms with van der Waals surface area (Å²) >= 11 is 11.6. The van der Waals surface area contributed by atoms with Crippen LogP contribution in [0.25, 0.3) is 0 Å². The first-order valence-corrected chi connectivity index (χ1v) is 7.80. The van der Waals surface area contributed by atoms with Gasteiger partial charge in [0, 0.05) is 16.1 Å². The molecule has 0 fully saturated rings. The van der Waals surface area contributed by atoms with Crippen LogP contribution < -0.4 is 5.32 Å². The molecule has 0 saturated carbocycles. The summed E-state index contributed by atoms with van der Waals surface area (Å²) in [4.78, 5) is 23.9. The van der Waals surface area contributed by atoms with Gasteiger partial charge in [-0.05, 0) is 43.3 Å². The van der Waals surface area contributed by atoms with Crippen molar-refractivity contribution in [1.82, 2.24) is 5.32 Å². The first-order chi connectivity index (χ1) is 11.4. The van der Waals surface area contributed by atoms with Crippen LogP contribution in [0.1, 0.15) is 22.8 Å². The minimum Gasteiger partial charge on any atom is -0.459 e. The van der Waals surface area contributed by atoms with Crippen LogP contribution in [-0.2, 0) is 16.1 Å². The highest BCUT2D eigenvalue weighted by molar-refractivity contribution is 6.31. The van der Waals surface area contributed by atoms with E-state index in [4.69, 9.17) is 27.9 Å². The number of esters is 1. The topological polar surface area (TPSA) is 55.4 Å². The predicted octanol–water partition coefficient (Wildman–Crippen LogP) is 3.99. The minimum atomic E-state index is -0.904. The van der Waals surface area contributed by atoms with E-state index in [-0.39, 0.29) is 17.2 Å². The second-order valence-corrected chi connectivity index (χ2v) is 5.85. The molecule has 2 aromatic carbocycles. The smallest absolute Gasteiger partial charge is 0.328 e. The van der Waals surface area contributed by atoms with Crippen LogP contribution >= 0.6 is 23.2 Å². The third-order valence-corrected chi connectivity index (χ3v) is 3.83. The Bertz CT molecular complexity index is 730. The van der Waals surface area contributed by atoms with Gasteiger partial charge in [0.1, 0.15) is 18.5 Å². The van der Waals surface area contributed by atoms with Crippen LogP contribution in [-0.4, -0.2) is 17.9 Å². The van der Waals surface area contributed by atoms with Crippen molar-refractivity contribution >= 4 is 35.1 Å². The highest BCUT2D eigenvalue weighted by atomic mass is 35.5. The maximum atomic E-state index is 13.6. The summed E-state index contributed by atoms with van der Waals surface area (Å²) < 4.78 is 18.6. The number of hydrogen-bond acceptors (Lipinski definition) is 3. The molecule has 1 amide bonds. The zero-order chi connectivity index (χ0) is 17.7. The lowest BCUT2D eigenvalue weighted by Crippen LogP contribution is -2.39. The molecule has 24 heavy (non-hydrogen) atoms. The van der Waals surface area contributed by atoms with Crippen molar-refractivity contribution in [2.45, 2.75) is 19.6 Å². The zero-order valence-electron chi connectivity index (χ0n) is 12.7. The predicted molar refractivity (Wildman–Crippen MR) is 89.6 cm³/mol. The van der Waals surface area contributed by atoms with Gasteiger partial charge in [0.25, 0.3) is 5.91 Å². The fourth-order valence-electron chi connectivity index (χ4n) is 1.88. The van der Waals surface area contributed by atoms with Crippen LogP contribution in [0.4, 0.5) is 4.39 Å². The Labute approximate surface area is 148 Å². The van der Waals surface area contributed by atoms with Gasteiger partial charge in [0.2, 0.25) is 0 Å². The number of carbonyl (C=O) groups excluding carboxylic acids is 2. The Morgan fingerprint density at radius 2 is 1.83 bits per heavy atom. The molecule has 0 aromatic heterocycles. The van der Waals surface area contributed by atoms with Gasteiger partial charge in [-0.25, -0.2) is 9.18 Å². The Morgan fingerprint density at radius 1 is 1.17 bits per heavy atom. The van der Waals surface area contributed by atoms with Gasteiger partial charge in [-0.15, -0.1) is 0 Å². The Kier molecular flexibility index (Phi) is 6.17. The fourth-order valence-corrected chi connectivity index (χ4v) is 2.22. The van der Waals surface area contributed by atoms with E-state index in [1.54, 1.807) is 12.1 Å². The summed E-state index contributed by atoms with van der Waals surface area (Å²) in [5.74, 6) is -1.70. The average molecular weight is 370 g/mol. The second kappa shape index (κ2) is 8.13. The largest absolute Gasteiger partial charge is 0.459 e. The summed E-state index contributed by atoms with van der Waals surface area (Å²) in [6.45, 7) is 1.16. The molecule has 0 spiro atoms. The number of halogens is 3. The Hall–Kier alpha value is -2.11. The van der Waals surface area contributed by atoms with E-state index >= 15 is 0 Å². The van der Waals surface area contributed by atoms with Crippen molar-refractivity contribution in [3.63, 3.8) is 0 Å². The van der Waals surface area contributed by atoms with Gasteiger partial charge in [0.05, 0.1) is 5.02 Å². The third-order valence-electron chi connectivity index (χ3n) is 3.23. The lowest BCUT2D eigenvalue weighted by molar-refractivity contribution is -0.146. The lowest BCUT2D eigenvalue weighted by atomic mass is 10.2. The van der Waals surface area contributed by atoms with Gasteiger partial charge in [0.15, 0.2) is 0 Å². The van der Waals surface area contributed by atoms with Crippen LogP contribution in [0, 0.1) is 5.82 Å². The van der Waals surface area contributed by atoms with Crippen molar-refractivity contribution in [1.29, 1.82) is 0 Å². The number of nitrogens with one attached hydrogen (secondary N) is 1. The standard InChI is InChI=1S/C17H14Cl2FNO3/c1-10(21-16(22)11-5-7-12(18)8-6-11)17(23)24-9-13-14(19)3-2-4-15(13)20/h2-8,10H,9H2,1H3,(H,21,22)/t10-/m0/s1. The number of benzene rings is 2. The van der Waals surface area contributed by atoms with Crippen molar-refractivity contribution < 1.29 is 18.7 Å². The SMILES string of the molecule is C[C@H](NC(=O)c1ccc(Cl)cc1)C(=O)OCc1c(F)cccc1Cl. The summed E-state index contributed by atoms with van der Waals surface area (Å²) in [5, 5.41) is 3.17. The number of ether oxygens (including phenoxy) is 1. The van der Waals surface area contributed by atoms with E-state index in [2.05, 4.69) is 5.32 Å². The van der Waals surface area contributed by atoms with Gasteiger partial charge in [-0.2, -0.15) is 0 Å². The molecule has 0 bridgehead atoms. The van der Waals surface area contributed by atoms with Crippen LogP contribution in [0.5, 0.6) is 0 Å². The molecule has 0 aliphatic carbocycles. The molecule has 0 aliphatic rings. The molecule has 0 saturated heterocycles. The first kappa shape index (κ1) is 18.2. The number of rotatable bonds is 5. The van der Waals surface area contributed by atoms with Crippen molar-refractivity contribution in [3.8, 4) is 0 Å². The molecular formula is C17H14Cl2FNO3. The molecule has 126 valence electrons. The molecule has 0 aliphatic heterocycles. The van der Waals surface area contributed by atoms with Gasteiger partial charge >= 0.3 is 5.97 Å². The molecule has 0 heterocycles. The van der Waals surface area contributed by atoms with E-state index < -0.39 is 23.7 Å². The number of amides is 1. The second-order valence-electron chi connectivity index (χ2n) is 5.01. The van der Waals surface area contributed by atoms with E-state index in [1.165, 1.54) is 37.3 Å². The van der Waals surface area contributed by atoms with Crippen molar-refractivity contribution in [2.24, 2.45) is 0 Å². The quantitative estimate of drug-likeness (QED) is 0.810. The highest BCUT2D eigenvalue weighted by Crippen LogP contribution is 2.20. The number of hydrogen-bond donors (Lipinski definition) is 1. The van der Waals surface area contributed by atoms with Crippen LogP contribution in [0.2, 0.25) is 10.0 Å². The number of carbonyl (C=O) groups is 2. The van der Waals surface area contributed by atoms with E-state index in [0.29, 0.717) is 10.6 Å². The van der Waals surface area contributed by atoms with Crippen LogP contribution in [0.3, 0.4) is 0 Å². The summed E-state index contributed by atoms with van der Waals surface area (Å²) in [5.41, 5.74) is 0.444. The normalized spacial score (nSPS) is 11.7. The maximum absolute atomic E-state index is 13.6. The average Bonchev–Trinajstić information content (AvgIpc) is 2.54. The van der Waals surface area contributed by atoms with E-state index in [9.17, 15) is 14.0 Å². The third kappa shape index (κ3) is 4.69. The van der Waals surface area contributed by atoms with Crippen molar-refractivity contribution in [3.05, 3.63) is 69.5 Å². The molecule has 0 radical (unpaired) electrons. The monoisotopic (exact) mass is 369 g/mol. The molecule has 2 rings (SSSR count). The summed E-state index contributed by atoms with van der Waals surface area (Å²) in [6.07, 6.45) is 0. The van der Waals surface area contributed by atoms with Crippen LogP contribution in [0.15, 0.2) is 42.5 Å². The Balaban J connectivity index is 1.92. The molecule has 1 atom stereocenters. The molecule has 1 N–H and O–H groups in total. The van der Waals surface area contributed by atoms with Crippen molar-refractivity contribution in [2.75, 3.05) is 0 Å². The molecule has 2 aromatic rings. The minimum absolute atomic E-state index is 0.0868. The lowest BCUT2D eigenvalue weighted by Gasteiger charge is -2.14. The molecule has 7 heteroatoms. The van der Waals surface area contributed by atoms with E-state index in [1.807, 2.05) is 0 Å². The van der Waals surface area contributed by atoms with Gasteiger partial charge < -0.3 is 10.1 Å². The fraction of sp³-hybridized carbons (Fsp3) is 0.176. The zero-order valence-corrected chi connectivity index (χ0v) is 14.2. The van der Waals surface area contributed by atoms with E-state index in [0.717, 1.165) is 0 Å². The first-order valence-electron chi connectivity index (χ1n) is 7.04. The molecule has 0 unspecified atom stereocenters. The summed E-state index contributed by atoms with van der Waals surface area (Å²) in [7, 11) is 0. The highest BCUT2D eigenvalue weighted by Gasteiger charge is 2.19. The van der Waals surface area contributed by atoms with Gasteiger partial charge in [-0.3, -0.25) is 4.79 Å². The summed E-state index contributed by atoms with van der Waals surface area (Å²) in [6, 6.07) is 9.49. The van der Waals surface area contributed by atoms with Gasteiger partial charge in [-0.1, -0.05) is 29.3 Å².